The average Bonchev–Trinajstić information content (AvgIpc) is 2.87. The fourth-order valence-corrected chi connectivity index (χ4v) is 2.81. The van der Waals surface area contributed by atoms with E-state index in [4.69, 9.17) is 10.5 Å². The molecule has 0 aromatic carbocycles. The summed E-state index contributed by atoms with van der Waals surface area (Å²) in [5, 5.41) is 5.75. The number of ether oxygens (including phenoxy) is 1. The highest BCUT2D eigenvalue weighted by atomic mass is 32.1. The molecule has 1 aromatic rings. The van der Waals surface area contributed by atoms with Crippen molar-refractivity contribution in [3.05, 3.63) is 22.4 Å². The van der Waals surface area contributed by atoms with Gasteiger partial charge >= 0.3 is 0 Å². The van der Waals surface area contributed by atoms with Gasteiger partial charge in [0.2, 0.25) is 0 Å². The van der Waals surface area contributed by atoms with Crippen LogP contribution in [-0.4, -0.2) is 32.8 Å². The van der Waals surface area contributed by atoms with Crippen LogP contribution in [0.5, 0.6) is 0 Å². The lowest BCUT2D eigenvalue weighted by atomic mass is 9.91. The molecule has 0 fully saturated rings. The van der Waals surface area contributed by atoms with Crippen LogP contribution in [0.3, 0.4) is 0 Å². The Balaban J connectivity index is 2.45. The minimum absolute atomic E-state index is 0.170. The first-order valence-corrected chi connectivity index (χ1v) is 7.44. The number of nitrogens with two attached hydrogens (primary N) is 1. The molecule has 0 aliphatic heterocycles. The van der Waals surface area contributed by atoms with E-state index in [-0.39, 0.29) is 5.41 Å². The van der Waals surface area contributed by atoms with Gasteiger partial charge in [0, 0.05) is 30.0 Å². The van der Waals surface area contributed by atoms with Crippen LogP contribution in [0.1, 0.15) is 31.6 Å². The summed E-state index contributed by atoms with van der Waals surface area (Å²) in [6, 6.07) is 4.72. The van der Waals surface area contributed by atoms with Crippen LogP contribution in [0.15, 0.2) is 17.5 Å². The molecule has 4 heteroatoms. The highest BCUT2D eigenvalue weighted by molar-refractivity contribution is 7.10. The molecule has 3 nitrogen and oxygen atoms in total. The van der Waals surface area contributed by atoms with E-state index >= 15 is 0 Å². The van der Waals surface area contributed by atoms with Gasteiger partial charge in [-0.2, -0.15) is 0 Å². The lowest BCUT2D eigenvalue weighted by molar-refractivity contribution is 0.158. The van der Waals surface area contributed by atoms with Gasteiger partial charge in [0.15, 0.2) is 0 Å². The van der Waals surface area contributed by atoms with Crippen molar-refractivity contribution in [2.45, 2.75) is 38.1 Å². The molecule has 0 radical (unpaired) electrons. The number of nitrogens with one attached hydrogen (secondary N) is 1. The average molecular weight is 270 g/mol. The second-order valence-electron chi connectivity index (χ2n) is 5.33. The van der Waals surface area contributed by atoms with E-state index in [1.54, 1.807) is 7.11 Å². The zero-order valence-electron chi connectivity index (χ0n) is 11.7. The maximum atomic E-state index is 5.57. The molecular formula is C14H26N2OS. The summed E-state index contributed by atoms with van der Waals surface area (Å²) in [6.07, 6.45) is 2.12. The minimum atomic E-state index is 0.170. The summed E-state index contributed by atoms with van der Waals surface area (Å²) in [6.45, 7) is 7.01. The molecule has 0 amide bonds. The standard InChI is InChI=1S/C14H26N2OS/c1-14(2,13-7-5-9-18-13)11-16-12(10-17-3)6-4-8-15/h5,7,9,12,16H,4,6,8,10-11,15H2,1-3H3. The van der Waals surface area contributed by atoms with E-state index in [1.165, 1.54) is 4.88 Å². The summed E-state index contributed by atoms with van der Waals surface area (Å²) >= 11 is 1.82. The SMILES string of the molecule is COCC(CCCN)NCC(C)(C)c1cccs1. The van der Waals surface area contributed by atoms with Crippen molar-refractivity contribution in [3.8, 4) is 0 Å². The van der Waals surface area contributed by atoms with Crippen molar-refractivity contribution in [1.82, 2.24) is 5.32 Å². The van der Waals surface area contributed by atoms with Crippen molar-refractivity contribution in [1.29, 1.82) is 0 Å². The van der Waals surface area contributed by atoms with E-state index in [1.807, 2.05) is 11.3 Å². The number of methoxy groups -OCH3 is 1. The first kappa shape index (κ1) is 15.6. The fraction of sp³-hybridized carbons (Fsp3) is 0.714. The summed E-state index contributed by atoms with van der Waals surface area (Å²) in [4.78, 5) is 1.42. The van der Waals surface area contributed by atoms with Crippen molar-refractivity contribution >= 4 is 11.3 Å². The molecule has 0 spiro atoms. The Kier molecular flexibility index (Phi) is 6.86. The summed E-state index contributed by atoms with van der Waals surface area (Å²) in [5.41, 5.74) is 5.73. The molecule has 0 bridgehead atoms. The number of hydrogen-bond donors (Lipinski definition) is 2. The third kappa shape index (κ3) is 5.06. The molecule has 0 saturated carbocycles. The Bertz CT molecular complexity index is 312. The summed E-state index contributed by atoms with van der Waals surface area (Å²) in [5.74, 6) is 0. The Morgan fingerprint density at radius 2 is 2.28 bits per heavy atom. The number of thiophene rings is 1. The monoisotopic (exact) mass is 270 g/mol. The van der Waals surface area contributed by atoms with E-state index < -0.39 is 0 Å². The van der Waals surface area contributed by atoms with Crippen molar-refractivity contribution in [3.63, 3.8) is 0 Å². The van der Waals surface area contributed by atoms with Gasteiger partial charge in [0.05, 0.1) is 6.61 Å². The first-order chi connectivity index (χ1) is 8.60. The highest BCUT2D eigenvalue weighted by Gasteiger charge is 2.22. The van der Waals surface area contributed by atoms with Gasteiger partial charge in [-0.05, 0) is 30.8 Å². The highest BCUT2D eigenvalue weighted by Crippen LogP contribution is 2.26. The van der Waals surface area contributed by atoms with E-state index in [2.05, 4.69) is 36.7 Å². The van der Waals surface area contributed by atoms with Crippen LogP contribution >= 0.6 is 11.3 Å². The van der Waals surface area contributed by atoms with Gasteiger partial charge in [-0.1, -0.05) is 19.9 Å². The van der Waals surface area contributed by atoms with Crippen LogP contribution in [0.4, 0.5) is 0 Å². The summed E-state index contributed by atoms with van der Waals surface area (Å²) < 4.78 is 5.26. The Morgan fingerprint density at radius 3 is 2.83 bits per heavy atom. The third-order valence-corrected chi connectivity index (χ3v) is 4.38. The minimum Gasteiger partial charge on any atom is -0.383 e. The Labute approximate surface area is 115 Å². The van der Waals surface area contributed by atoms with Crippen LogP contribution in [0.2, 0.25) is 0 Å². The lowest BCUT2D eigenvalue weighted by Crippen LogP contribution is -2.41. The second-order valence-corrected chi connectivity index (χ2v) is 6.27. The van der Waals surface area contributed by atoms with Crippen LogP contribution in [0, 0.1) is 0 Å². The molecule has 1 aromatic heterocycles. The topological polar surface area (TPSA) is 47.3 Å². The van der Waals surface area contributed by atoms with Gasteiger partial charge in [-0.15, -0.1) is 11.3 Å². The molecule has 1 atom stereocenters. The molecule has 104 valence electrons. The van der Waals surface area contributed by atoms with Crippen molar-refractivity contribution in [2.75, 3.05) is 26.8 Å². The molecule has 0 aliphatic carbocycles. The van der Waals surface area contributed by atoms with Gasteiger partial charge in [-0.3, -0.25) is 0 Å². The predicted octanol–water partition coefficient (Wildman–Crippen LogP) is 2.37. The number of hydrogen-bond acceptors (Lipinski definition) is 4. The number of rotatable bonds is 9. The molecule has 3 N–H and O–H groups in total. The molecule has 0 aliphatic rings. The van der Waals surface area contributed by atoms with Gasteiger partial charge in [0.25, 0.3) is 0 Å². The van der Waals surface area contributed by atoms with Crippen LogP contribution in [-0.2, 0) is 10.2 Å². The first-order valence-electron chi connectivity index (χ1n) is 6.56. The maximum Gasteiger partial charge on any atom is 0.0615 e. The zero-order valence-corrected chi connectivity index (χ0v) is 12.6. The summed E-state index contributed by atoms with van der Waals surface area (Å²) in [7, 11) is 1.75. The normalized spacial score (nSPS) is 13.8. The van der Waals surface area contributed by atoms with Gasteiger partial charge in [0.1, 0.15) is 0 Å². The van der Waals surface area contributed by atoms with Crippen LogP contribution < -0.4 is 11.1 Å². The fourth-order valence-electron chi connectivity index (χ4n) is 1.96. The van der Waals surface area contributed by atoms with Crippen LogP contribution in [0.25, 0.3) is 0 Å². The van der Waals surface area contributed by atoms with Crippen molar-refractivity contribution in [2.24, 2.45) is 5.73 Å². The van der Waals surface area contributed by atoms with Crippen molar-refractivity contribution < 1.29 is 4.74 Å². The predicted molar refractivity (Wildman–Crippen MR) is 79.3 cm³/mol. The third-order valence-electron chi connectivity index (χ3n) is 3.15. The molecule has 1 rings (SSSR count). The molecule has 0 saturated heterocycles. The molecular weight excluding hydrogens is 244 g/mol. The van der Waals surface area contributed by atoms with E-state index in [0.29, 0.717) is 6.04 Å². The maximum absolute atomic E-state index is 5.57. The second kappa shape index (κ2) is 7.89. The quantitative estimate of drug-likeness (QED) is 0.724. The van der Waals surface area contributed by atoms with Gasteiger partial charge in [-0.25, -0.2) is 0 Å². The van der Waals surface area contributed by atoms with Gasteiger partial charge < -0.3 is 15.8 Å². The lowest BCUT2D eigenvalue weighted by Gasteiger charge is -2.27. The Morgan fingerprint density at radius 1 is 1.50 bits per heavy atom. The van der Waals surface area contributed by atoms with E-state index in [9.17, 15) is 0 Å². The smallest absolute Gasteiger partial charge is 0.0615 e. The molecule has 1 unspecified atom stereocenters. The zero-order chi connectivity index (χ0) is 13.4. The molecule has 1 heterocycles. The molecule has 18 heavy (non-hydrogen) atoms. The largest absolute Gasteiger partial charge is 0.383 e. The van der Waals surface area contributed by atoms with E-state index in [0.717, 1.165) is 32.5 Å². The Hall–Kier alpha value is -0.420.